The third-order valence-corrected chi connectivity index (χ3v) is 3.79. The van der Waals surface area contributed by atoms with Crippen LogP contribution in [0.3, 0.4) is 0 Å². The Hall–Kier alpha value is -0.720. The number of carbonyl (C=O) groups excluding carboxylic acids is 1. The third-order valence-electron chi connectivity index (χ3n) is 2.78. The maximum absolute atomic E-state index is 12.0. The predicted molar refractivity (Wildman–Crippen MR) is 67.6 cm³/mol. The SMILES string of the molecule is CCCN1CCN(C(=O)c2nnc(Cl)s2)CC1. The standard InChI is InChI=1S/C10H15ClN4OS/c1-2-3-14-4-6-15(7-5-14)9(16)8-12-13-10(11)17-8/h2-7H2,1H3. The van der Waals surface area contributed by atoms with E-state index in [9.17, 15) is 4.79 Å². The summed E-state index contributed by atoms with van der Waals surface area (Å²) in [6.07, 6.45) is 1.15. The molecule has 1 saturated heterocycles. The molecule has 1 aliphatic heterocycles. The topological polar surface area (TPSA) is 49.3 Å². The molecule has 94 valence electrons. The van der Waals surface area contributed by atoms with Crippen molar-refractivity contribution in [1.29, 1.82) is 0 Å². The van der Waals surface area contributed by atoms with Gasteiger partial charge in [0.2, 0.25) is 9.47 Å². The summed E-state index contributed by atoms with van der Waals surface area (Å²) >= 11 is 6.81. The van der Waals surface area contributed by atoms with Gasteiger partial charge < -0.3 is 4.90 Å². The highest BCUT2D eigenvalue weighted by Gasteiger charge is 2.24. The highest BCUT2D eigenvalue weighted by Crippen LogP contribution is 2.17. The summed E-state index contributed by atoms with van der Waals surface area (Å²) < 4.78 is 0.318. The average molecular weight is 275 g/mol. The van der Waals surface area contributed by atoms with Crippen LogP contribution in [0, 0.1) is 0 Å². The zero-order valence-electron chi connectivity index (χ0n) is 9.73. The lowest BCUT2D eigenvalue weighted by molar-refractivity contribution is 0.0636. The summed E-state index contributed by atoms with van der Waals surface area (Å²) in [7, 11) is 0. The van der Waals surface area contributed by atoms with Gasteiger partial charge >= 0.3 is 0 Å². The maximum Gasteiger partial charge on any atom is 0.284 e. The van der Waals surface area contributed by atoms with Crippen LogP contribution in [0.15, 0.2) is 0 Å². The molecular weight excluding hydrogens is 260 g/mol. The molecule has 2 heterocycles. The molecule has 0 aromatic carbocycles. The molecular formula is C10H15ClN4OS. The van der Waals surface area contributed by atoms with Crippen molar-refractivity contribution in [3.63, 3.8) is 0 Å². The molecule has 0 saturated carbocycles. The lowest BCUT2D eigenvalue weighted by atomic mass is 10.3. The number of carbonyl (C=O) groups is 1. The average Bonchev–Trinajstić information content (AvgIpc) is 2.76. The second-order valence-corrected chi connectivity index (χ2v) is 5.55. The van der Waals surface area contributed by atoms with Crippen LogP contribution in [0.25, 0.3) is 0 Å². The monoisotopic (exact) mass is 274 g/mol. The van der Waals surface area contributed by atoms with Crippen molar-refractivity contribution < 1.29 is 4.79 Å². The second-order valence-electron chi connectivity index (χ2n) is 3.99. The second kappa shape index (κ2) is 5.75. The minimum Gasteiger partial charge on any atom is -0.334 e. The van der Waals surface area contributed by atoms with E-state index >= 15 is 0 Å². The molecule has 2 rings (SSSR count). The molecule has 1 fully saturated rings. The van der Waals surface area contributed by atoms with Gasteiger partial charge in [-0.3, -0.25) is 9.69 Å². The Kier molecular flexibility index (Phi) is 4.31. The van der Waals surface area contributed by atoms with Crippen LogP contribution in [0.5, 0.6) is 0 Å². The molecule has 0 N–H and O–H groups in total. The predicted octanol–water partition coefficient (Wildman–Crippen LogP) is 1.36. The molecule has 17 heavy (non-hydrogen) atoms. The summed E-state index contributed by atoms with van der Waals surface area (Å²) in [6.45, 7) is 6.66. The van der Waals surface area contributed by atoms with Crippen molar-refractivity contribution in [2.24, 2.45) is 0 Å². The van der Waals surface area contributed by atoms with E-state index in [1.165, 1.54) is 0 Å². The Morgan fingerprint density at radius 2 is 2.06 bits per heavy atom. The van der Waals surface area contributed by atoms with Gasteiger partial charge in [0.25, 0.3) is 5.91 Å². The Morgan fingerprint density at radius 3 is 2.59 bits per heavy atom. The highest BCUT2D eigenvalue weighted by atomic mass is 35.5. The van der Waals surface area contributed by atoms with Gasteiger partial charge in [0, 0.05) is 26.2 Å². The number of aromatic nitrogens is 2. The van der Waals surface area contributed by atoms with Gasteiger partial charge in [-0.15, -0.1) is 10.2 Å². The van der Waals surface area contributed by atoms with Crippen molar-refractivity contribution in [3.8, 4) is 0 Å². The molecule has 0 aliphatic carbocycles. The van der Waals surface area contributed by atoms with Gasteiger partial charge in [0.05, 0.1) is 0 Å². The van der Waals surface area contributed by atoms with Crippen LogP contribution < -0.4 is 0 Å². The Balaban J connectivity index is 1.90. The number of nitrogens with zero attached hydrogens (tertiary/aromatic N) is 4. The molecule has 0 bridgehead atoms. The number of halogens is 1. The van der Waals surface area contributed by atoms with Crippen LogP contribution in [0.4, 0.5) is 0 Å². The molecule has 1 aromatic rings. The lowest BCUT2D eigenvalue weighted by Gasteiger charge is -2.33. The molecule has 5 nitrogen and oxygen atoms in total. The quantitative estimate of drug-likeness (QED) is 0.835. The Labute approximate surface area is 109 Å². The van der Waals surface area contributed by atoms with Crippen LogP contribution in [-0.4, -0.2) is 58.6 Å². The third kappa shape index (κ3) is 3.14. The summed E-state index contributed by atoms with van der Waals surface area (Å²) in [4.78, 5) is 16.2. The molecule has 0 radical (unpaired) electrons. The number of piperazine rings is 1. The zero-order valence-corrected chi connectivity index (χ0v) is 11.3. The Bertz CT molecular complexity index is 389. The lowest BCUT2D eigenvalue weighted by Crippen LogP contribution is -2.48. The molecule has 1 aromatic heterocycles. The zero-order chi connectivity index (χ0) is 12.3. The molecule has 0 atom stereocenters. The summed E-state index contributed by atoms with van der Waals surface area (Å²) in [5, 5.41) is 7.82. The number of rotatable bonds is 3. The first-order valence-electron chi connectivity index (χ1n) is 5.71. The maximum atomic E-state index is 12.0. The molecule has 7 heteroatoms. The van der Waals surface area contributed by atoms with Gasteiger partial charge in [0.15, 0.2) is 0 Å². The normalized spacial score (nSPS) is 17.4. The van der Waals surface area contributed by atoms with Gasteiger partial charge in [0.1, 0.15) is 0 Å². The van der Waals surface area contributed by atoms with Gasteiger partial charge in [-0.2, -0.15) is 0 Å². The van der Waals surface area contributed by atoms with Crippen molar-refractivity contribution >= 4 is 28.8 Å². The van der Waals surface area contributed by atoms with E-state index in [0.29, 0.717) is 9.47 Å². The molecule has 0 unspecified atom stereocenters. The van der Waals surface area contributed by atoms with E-state index < -0.39 is 0 Å². The van der Waals surface area contributed by atoms with Crippen LogP contribution >= 0.6 is 22.9 Å². The van der Waals surface area contributed by atoms with E-state index in [0.717, 1.165) is 50.5 Å². The van der Waals surface area contributed by atoms with Crippen molar-refractivity contribution in [2.45, 2.75) is 13.3 Å². The van der Waals surface area contributed by atoms with E-state index in [2.05, 4.69) is 22.0 Å². The molecule has 0 spiro atoms. The van der Waals surface area contributed by atoms with Gasteiger partial charge in [-0.25, -0.2) is 0 Å². The first-order chi connectivity index (χ1) is 8.20. The largest absolute Gasteiger partial charge is 0.334 e. The fourth-order valence-corrected chi connectivity index (χ4v) is 2.71. The van der Waals surface area contributed by atoms with Crippen molar-refractivity contribution in [2.75, 3.05) is 32.7 Å². The number of hydrogen-bond donors (Lipinski definition) is 0. The van der Waals surface area contributed by atoms with E-state index in [4.69, 9.17) is 11.6 Å². The van der Waals surface area contributed by atoms with Crippen LogP contribution in [-0.2, 0) is 0 Å². The summed E-state index contributed by atoms with van der Waals surface area (Å²) in [5.41, 5.74) is 0. The van der Waals surface area contributed by atoms with Crippen molar-refractivity contribution in [1.82, 2.24) is 20.0 Å². The highest BCUT2D eigenvalue weighted by molar-refractivity contribution is 7.17. The van der Waals surface area contributed by atoms with E-state index in [-0.39, 0.29) is 5.91 Å². The van der Waals surface area contributed by atoms with Gasteiger partial charge in [-0.05, 0) is 24.6 Å². The molecule has 1 aliphatic rings. The van der Waals surface area contributed by atoms with Crippen molar-refractivity contribution in [3.05, 3.63) is 9.47 Å². The summed E-state index contributed by atoms with van der Waals surface area (Å²) in [6, 6.07) is 0. The fourth-order valence-electron chi connectivity index (χ4n) is 1.92. The van der Waals surface area contributed by atoms with E-state index in [1.54, 1.807) is 0 Å². The fraction of sp³-hybridized carbons (Fsp3) is 0.700. The first kappa shape index (κ1) is 12.7. The number of amides is 1. The van der Waals surface area contributed by atoms with E-state index in [1.807, 2.05) is 4.90 Å². The van der Waals surface area contributed by atoms with Crippen LogP contribution in [0.1, 0.15) is 23.1 Å². The Morgan fingerprint density at radius 1 is 1.35 bits per heavy atom. The van der Waals surface area contributed by atoms with Gasteiger partial charge in [-0.1, -0.05) is 18.3 Å². The summed E-state index contributed by atoms with van der Waals surface area (Å²) in [5.74, 6) is -0.0504. The minimum atomic E-state index is -0.0504. The first-order valence-corrected chi connectivity index (χ1v) is 6.90. The van der Waals surface area contributed by atoms with Crippen LogP contribution in [0.2, 0.25) is 4.47 Å². The number of hydrogen-bond acceptors (Lipinski definition) is 5. The molecule has 1 amide bonds. The smallest absolute Gasteiger partial charge is 0.284 e. The minimum absolute atomic E-state index is 0.0504.